The number of pyridine rings is 2. The van der Waals surface area contributed by atoms with E-state index in [1.807, 2.05) is 24.3 Å². The van der Waals surface area contributed by atoms with Crippen molar-refractivity contribution in [3.8, 4) is 0 Å². The Hall–Kier alpha value is -2.57. The molecule has 0 aliphatic carbocycles. The summed E-state index contributed by atoms with van der Waals surface area (Å²) in [4.78, 5) is 11.3. The molecule has 0 bridgehead atoms. The Kier molecular flexibility index (Phi) is 6.32. The zero-order valence-electron chi connectivity index (χ0n) is 15.3. The molecule has 1 atom stereocenters. The molecule has 4 N–H and O–H groups in total. The molecule has 1 aliphatic heterocycles. The summed E-state index contributed by atoms with van der Waals surface area (Å²) in [5.41, 5.74) is 8.49. The molecule has 0 radical (unpaired) electrons. The van der Waals surface area contributed by atoms with E-state index in [1.165, 1.54) is 5.56 Å². The van der Waals surface area contributed by atoms with Gasteiger partial charge in [-0.1, -0.05) is 25.3 Å². The smallest absolute Gasteiger partial charge is 0.138 e. The molecule has 27 heavy (non-hydrogen) atoms. The van der Waals surface area contributed by atoms with Crippen molar-refractivity contribution in [2.75, 3.05) is 22.8 Å². The predicted molar refractivity (Wildman–Crippen MR) is 112 cm³/mol. The summed E-state index contributed by atoms with van der Waals surface area (Å²) in [5.74, 6) is 2.35. The van der Waals surface area contributed by atoms with Gasteiger partial charge in [0.15, 0.2) is 0 Å². The van der Waals surface area contributed by atoms with E-state index in [9.17, 15) is 0 Å². The predicted octanol–water partition coefficient (Wildman–Crippen LogP) is 3.29. The lowest BCUT2D eigenvalue weighted by molar-refractivity contribution is 0.524. The van der Waals surface area contributed by atoms with Gasteiger partial charge < -0.3 is 21.3 Å². The highest BCUT2D eigenvalue weighted by atomic mass is 35.5. The maximum Gasteiger partial charge on any atom is 0.138 e. The quantitative estimate of drug-likeness (QED) is 0.478. The third-order valence-corrected chi connectivity index (χ3v) is 4.75. The number of hydrogen-bond donors (Lipinski definition) is 3. The number of nitrogens with one attached hydrogen (secondary N) is 2. The fourth-order valence-electron chi connectivity index (χ4n) is 3.30. The number of hydrogen-bond acceptors (Lipinski definition) is 6. The van der Waals surface area contributed by atoms with Crippen molar-refractivity contribution in [2.45, 2.75) is 25.3 Å². The van der Waals surface area contributed by atoms with Crippen molar-refractivity contribution in [3.63, 3.8) is 0 Å². The number of nitrogens with zero attached hydrogens (tertiary/aromatic N) is 3. The van der Waals surface area contributed by atoms with Gasteiger partial charge in [0.2, 0.25) is 0 Å². The van der Waals surface area contributed by atoms with Gasteiger partial charge in [0.1, 0.15) is 17.5 Å². The Morgan fingerprint density at radius 1 is 1.30 bits per heavy atom. The molecule has 7 heteroatoms. The van der Waals surface area contributed by atoms with E-state index in [0.29, 0.717) is 12.2 Å². The lowest BCUT2D eigenvalue weighted by atomic mass is 9.96. The first-order valence-electron chi connectivity index (χ1n) is 8.99. The summed E-state index contributed by atoms with van der Waals surface area (Å²) >= 11 is 5.77. The van der Waals surface area contributed by atoms with E-state index in [4.69, 9.17) is 22.3 Å². The second kappa shape index (κ2) is 8.88. The van der Waals surface area contributed by atoms with Crippen LogP contribution in [0.4, 0.5) is 11.6 Å². The standard InChI is InChI=1S/C20H25ClN6/c1-14(24-13-21)18-9-7-16-6-8-17(10-11-22)27(20(16)26-18)15(2)25-19-5-3-4-12-23-19/h3-5,7,9,12,17,24H,1-2,6,8,10-11,13,22H2,(H,23,25)/t17-/m1/s1. The lowest BCUT2D eigenvalue weighted by Crippen LogP contribution is -2.42. The average molecular weight is 385 g/mol. The Morgan fingerprint density at radius 3 is 2.85 bits per heavy atom. The van der Waals surface area contributed by atoms with Crippen molar-refractivity contribution in [1.29, 1.82) is 0 Å². The van der Waals surface area contributed by atoms with Gasteiger partial charge in [-0.15, -0.1) is 11.6 Å². The van der Waals surface area contributed by atoms with E-state index < -0.39 is 0 Å². The van der Waals surface area contributed by atoms with Gasteiger partial charge >= 0.3 is 0 Å². The highest BCUT2D eigenvalue weighted by Crippen LogP contribution is 2.34. The number of nitrogens with two attached hydrogens (primary N) is 1. The number of anilines is 2. The summed E-state index contributed by atoms with van der Waals surface area (Å²) in [6.45, 7) is 8.87. The molecule has 0 amide bonds. The summed E-state index contributed by atoms with van der Waals surface area (Å²) < 4.78 is 0. The third-order valence-electron chi connectivity index (χ3n) is 4.61. The minimum absolute atomic E-state index is 0.225. The third kappa shape index (κ3) is 4.40. The van der Waals surface area contributed by atoms with Crippen LogP contribution < -0.4 is 21.3 Å². The number of halogens is 1. The molecular formula is C20H25ClN6. The lowest BCUT2D eigenvalue weighted by Gasteiger charge is -2.39. The maximum absolute atomic E-state index is 5.86. The molecule has 2 aromatic rings. The molecule has 3 heterocycles. The maximum atomic E-state index is 5.86. The monoisotopic (exact) mass is 384 g/mol. The van der Waals surface area contributed by atoms with Crippen LogP contribution in [-0.4, -0.2) is 28.6 Å². The molecule has 0 fully saturated rings. The molecule has 3 rings (SSSR count). The van der Waals surface area contributed by atoms with Crippen LogP contribution in [0.15, 0.2) is 55.5 Å². The highest BCUT2D eigenvalue weighted by molar-refractivity contribution is 6.18. The summed E-state index contributed by atoms with van der Waals surface area (Å²) in [6.07, 6.45) is 4.55. The van der Waals surface area contributed by atoms with E-state index >= 15 is 0 Å². The van der Waals surface area contributed by atoms with E-state index in [-0.39, 0.29) is 12.0 Å². The summed E-state index contributed by atoms with van der Waals surface area (Å²) in [5, 5.41) is 6.31. The summed E-state index contributed by atoms with van der Waals surface area (Å²) in [7, 11) is 0. The largest absolute Gasteiger partial charge is 0.370 e. The molecule has 142 valence electrons. The van der Waals surface area contributed by atoms with Gasteiger partial charge in [0, 0.05) is 12.2 Å². The van der Waals surface area contributed by atoms with Crippen LogP contribution >= 0.6 is 11.6 Å². The molecular weight excluding hydrogens is 360 g/mol. The number of aromatic nitrogens is 2. The average Bonchev–Trinajstić information content (AvgIpc) is 2.68. The van der Waals surface area contributed by atoms with Gasteiger partial charge in [-0.25, -0.2) is 9.97 Å². The SMILES string of the molecule is C=C(NCCl)c1ccc2c(n1)N(C(=C)Nc1ccccn1)[C@@H](CCN)CC2. The number of rotatable bonds is 8. The number of aryl methyl sites for hydroxylation is 1. The van der Waals surface area contributed by atoms with Crippen molar-refractivity contribution in [1.82, 2.24) is 15.3 Å². The molecule has 1 aliphatic rings. The minimum Gasteiger partial charge on any atom is -0.370 e. The molecule has 6 nitrogen and oxygen atoms in total. The van der Waals surface area contributed by atoms with E-state index in [1.54, 1.807) is 6.20 Å². The second-order valence-electron chi connectivity index (χ2n) is 6.39. The van der Waals surface area contributed by atoms with Gasteiger partial charge in [0.05, 0.1) is 17.4 Å². The fourth-order valence-corrected chi connectivity index (χ4v) is 3.46. The first kappa shape index (κ1) is 19.2. The molecule has 0 spiro atoms. The summed E-state index contributed by atoms with van der Waals surface area (Å²) in [6, 6.07) is 10.3. The first-order valence-corrected chi connectivity index (χ1v) is 9.52. The number of alkyl halides is 1. The Labute approximate surface area is 165 Å². The van der Waals surface area contributed by atoms with Crippen LogP contribution in [0.5, 0.6) is 0 Å². The van der Waals surface area contributed by atoms with Crippen LogP contribution in [0.1, 0.15) is 24.1 Å². The Morgan fingerprint density at radius 2 is 2.15 bits per heavy atom. The van der Waals surface area contributed by atoms with Crippen LogP contribution in [-0.2, 0) is 6.42 Å². The Balaban J connectivity index is 1.94. The van der Waals surface area contributed by atoms with Crippen LogP contribution in [0.3, 0.4) is 0 Å². The van der Waals surface area contributed by atoms with Gasteiger partial charge in [-0.3, -0.25) is 0 Å². The van der Waals surface area contributed by atoms with Crippen LogP contribution in [0.2, 0.25) is 0 Å². The first-order chi connectivity index (χ1) is 13.1. The zero-order valence-corrected chi connectivity index (χ0v) is 16.0. The van der Waals surface area contributed by atoms with Crippen molar-refractivity contribution >= 4 is 28.9 Å². The van der Waals surface area contributed by atoms with Gasteiger partial charge in [-0.05, 0) is 49.6 Å². The van der Waals surface area contributed by atoms with Gasteiger partial charge in [-0.2, -0.15) is 0 Å². The number of fused-ring (bicyclic) bond motifs is 1. The normalized spacial score (nSPS) is 15.8. The van der Waals surface area contributed by atoms with Crippen molar-refractivity contribution in [3.05, 3.63) is 66.8 Å². The molecule has 0 saturated heterocycles. The molecule has 0 saturated carbocycles. The van der Waals surface area contributed by atoms with Gasteiger partial charge in [0.25, 0.3) is 0 Å². The Bertz CT molecular complexity index is 807. The van der Waals surface area contributed by atoms with Crippen molar-refractivity contribution < 1.29 is 0 Å². The van der Waals surface area contributed by atoms with E-state index in [2.05, 4.69) is 39.7 Å². The molecule has 2 aromatic heterocycles. The highest BCUT2D eigenvalue weighted by Gasteiger charge is 2.29. The van der Waals surface area contributed by atoms with Crippen LogP contribution in [0.25, 0.3) is 5.70 Å². The zero-order chi connectivity index (χ0) is 19.2. The topological polar surface area (TPSA) is 79.1 Å². The van der Waals surface area contributed by atoms with Crippen LogP contribution in [0, 0.1) is 0 Å². The minimum atomic E-state index is 0.225. The molecule has 0 aromatic carbocycles. The second-order valence-corrected chi connectivity index (χ2v) is 6.66. The van der Waals surface area contributed by atoms with E-state index in [0.717, 1.165) is 42.4 Å². The molecule has 0 unspecified atom stereocenters. The fraction of sp³-hybridized carbons (Fsp3) is 0.300. The van der Waals surface area contributed by atoms with Crippen molar-refractivity contribution in [2.24, 2.45) is 5.73 Å².